The Morgan fingerprint density at radius 2 is 1.24 bits per heavy atom. The minimum absolute atomic E-state index is 0.762. The van der Waals surface area contributed by atoms with Crippen LogP contribution >= 0.6 is 11.3 Å². The number of hydrogen-bond acceptors (Lipinski definition) is 2. The summed E-state index contributed by atoms with van der Waals surface area (Å²) in [6.07, 6.45) is 0. The highest BCUT2D eigenvalue weighted by atomic mass is 32.1. The molecule has 154 valence electrons. The number of anilines is 3. The van der Waals surface area contributed by atoms with E-state index >= 15 is 0 Å². The minimum atomic E-state index is 0.762. The minimum Gasteiger partial charge on any atom is -0.301 e. The van der Waals surface area contributed by atoms with Gasteiger partial charge in [0.05, 0.1) is 5.69 Å². The second-order valence-electron chi connectivity index (χ2n) is 8.09. The molecule has 0 spiro atoms. The van der Waals surface area contributed by atoms with Crippen molar-refractivity contribution in [2.45, 2.75) is 0 Å². The number of hydrogen-bond donors (Lipinski definition) is 0. The molecule has 6 aromatic rings. The van der Waals surface area contributed by atoms with Crippen molar-refractivity contribution in [2.24, 2.45) is 0 Å². The molecular formula is C30H20BNS. The molecule has 0 amide bonds. The van der Waals surface area contributed by atoms with E-state index in [4.69, 9.17) is 7.85 Å². The van der Waals surface area contributed by atoms with Gasteiger partial charge < -0.3 is 4.90 Å². The molecule has 3 heteroatoms. The van der Waals surface area contributed by atoms with Crippen molar-refractivity contribution in [3.63, 3.8) is 0 Å². The summed E-state index contributed by atoms with van der Waals surface area (Å²) in [5.74, 6) is 0. The molecule has 0 atom stereocenters. The van der Waals surface area contributed by atoms with Gasteiger partial charge in [-0.15, -0.1) is 11.3 Å². The molecule has 0 aliphatic heterocycles. The van der Waals surface area contributed by atoms with E-state index in [-0.39, 0.29) is 0 Å². The Kier molecular flexibility index (Phi) is 4.97. The fourth-order valence-corrected chi connectivity index (χ4v) is 5.48. The lowest BCUT2D eigenvalue weighted by atomic mass is 9.96. The molecule has 1 aromatic heterocycles. The average molecular weight is 437 g/mol. The number of thiophene rings is 1. The van der Waals surface area contributed by atoms with Crippen molar-refractivity contribution in [3.05, 3.63) is 121 Å². The molecular weight excluding hydrogens is 417 g/mol. The van der Waals surface area contributed by atoms with Crippen LogP contribution in [-0.4, -0.2) is 7.85 Å². The lowest BCUT2D eigenvalue weighted by Gasteiger charge is -2.26. The highest BCUT2D eigenvalue weighted by Crippen LogP contribution is 2.45. The Labute approximate surface area is 199 Å². The van der Waals surface area contributed by atoms with E-state index in [1.807, 2.05) is 12.1 Å². The summed E-state index contributed by atoms with van der Waals surface area (Å²) in [5.41, 5.74) is 4.24. The van der Waals surface area contributed by atoms with Crippen LogP contribution in [0.5, 0.6) is 0 Å². The van der Waals surface area contributed by atoms with E-state index in [1.54, 1.807) is 11.3 Å². The standard InChI is InChI=1S/C30H20BNS/c31-23-14-16-24(17-15-23)32(30-19-18-29(33-30)21-8-2-1-3-9-21)28-20-22-10-4-5-11-25(22)26-12-6-7-13-27(26)28/h1-20H. The smallest absolute Gasteiger partial charge is 0.113 e. The monoisotopic (exact) mass is 437 g/mol. The van der Waals surface area contributed by atoms with E-state index in [1.165, 1.54) is 37.0 Å². The van der Waals surface area contributed by atoms with Gasteiger partial charge in [-0.05, 0) is 52.1 Å². The lowest BCUT2D eigenvalue weighted by Crippen LogP contribution is -2.11. The van der Waals surface area contributed by atoms with Crippen LogP contribution in [0.3, 0.4) is 0 Å². The third-order valence-electron chi connectivity index (χ3n) is 6.01. The van der Waals surface area contributed by atoms with Crippen molar-refractivity contribution in [1.29, 1.82) is 0 Å². The SMILES string of the molecule is [B]c1ccc(N(c2ccc(-c3ccccc3)s2)c2cc3ccccc3c3ccccc23)cc1. The Hall–Kier alpha value is -3.82. The zero-order chi connectivity index (χ0) is 22.2. The summed E-state index contributed by atoms with van der Waals surface area (Å²) in [6, 6.07) is 42.7. The van der Waals surface area contributed by atoms with Crippen LogP contribution < -0.4 is 10.4 Å². The molecule has 0 unspecified atom stereocenters. The van der Waals surface area contributed by atoms with Gasteiger partial charge in [-0.25, -0.2) is 0 Å². The summed E-state index contributed by atoms with van der Waals surface area (Å²) in [5, 5.41) is 6.14. The Morgan fingerprint density at radius 3 is 2.03 bits per heavy atom. The lowest BCUT2D eigenvalue weighted by molar-refractivity contribution is 1.34. The van der Waals surface area contributed by atoms with E-state index < -0.39 is 0 Å². The number of rotatable bonds is 4. The van der Waals surface area contributed by atoms with E-state index in [0.29, 0.717) is 0 Å². The molecule has 5 aromatic carbocycles. The van der Waals surface area contributed by atoms with Crippen LogP contribution in [0.1, 0.15) is 0 Å². The molecule has 6 rings (SSSR count). The van der Waals surface area contributed by atoms with E-state index in [2.05, 4.69) is 114 Å². The molecule has 0 N–H and O–H groups in total. The molecule has 1 nitrogen and oxygen atoms in total. The predicted octanol–water partition coefficient (Wildman–Crippen LogP) is 7.99. The fourth-order valence-electron chi connectivity index (χ4n) is 4.43. The second-order valence-corrected chi connectivity index (χ2v) is 9.16. The molecule has 1 heterocycles. The Bertz CT molecular complexity index is 1570. The first-order chi connectivity index (χ1) is 16.3. The van der Waals surface area contributed by atoms with Crippen molar-refractivity contribution < 1.29 is 0 Å². The van der Waals surface area contributed by atoms with Gasteiger partial charge in [-0.2, -0.15) is 0 Å². The summed E-state index contributed by atoms with van der Waals surface area (Å²) in [4.78, 5) is 3.60. The Morgan fingerprint density at radius 1 is 0.576 bits per heavy atom. The Balaban J connectivity index is 1.62. The van der Waals surface area contributed by atoms with E-state index in [9.17, 15) is 0 Å². The zero-order valence-corrected chi connectivity index (χ0v) is 18.8. The molecule has 0 saturated heterocycles. The summed E-state index contributed by atoms with van der Waals surface area (Å²) >= 11 is 1.80. The molecule has 0 saturated carbocycles. The maximum absolute atomic E-state index is 6.03. The largest absolute Gasteiger partial charge is 0.301 e. The van der Waals surface area contributed by atoms with Crippen molar-refractivity contribution in [1.82, 2.24) is 0 Å². The second kappa shape index (κ2) is 8.27. The normalized spacial score (nSPS) is 11.2. The summed E-state index contributed by atoms with van der Waals surface area (Å²) in [6.45, 7) is 0. The summed E-state index contributed by atoms with van der Waals surface area (Å²) in [7, 11) is 6.03. The predicted molar refractivity (Wildman–Crippen MR) is 145 cm³/mol. The highest BCUT2D eigenvalue weighted by Gasteiger charge is 2.19. The third kappa shape index (κ3) is 3.61. The van der Waals surface area contributed by atoms with Gasteiger partial charge in [0.15, 0.2) is 0 Å². The maximum atomic E-state index is 6.03. The molecule has 2 radical (unpaired) electrons. The van der Waals surface area contributed by atoms with Crippen LogP contribution in [0.15, 0.2) is 121 Å². The van der Waals surface area contributed by atoms with Gasteiger partial charge in [0.25, 0.3) is 0 Å². The van der Waals surface area contributed by atoms with Crippen LogP contribution in [0.2, 0.25) is 0 Å². The van der Waals surface area contributed by atoms with Gasteiger partial charge in [-0.1, -0.05) is 96.5 Å². The third-order valence-corrected chi connectivity index (χ3v) is 7.13. The van der Waals surface area contributed by atoms with Crippen LogP contribution in [0.4, 0.5) is 16.4 Å². The highest BCUT2D eigenvalue weighted by molar-refractivity contribution is 7.19. The van der Waals surface area contributed by atoms with Gasteiger partial charge >= 0.3 is 0 Å². The van der Waals surface area contributed by atoms with Crippen molar-refractivity contribution in [2.75, 3.05) is 4.90 Å². The molecule has 0 bridgehead atoms. The van der Waals surface area contributed by atoms with Crippen molar-refractivity contribution >= 4 is 62.6 Å². The van der Waals surface area contributed by atoms with Gasteiger partial charge in [0.2, 0.25) is 0 Å². The topological polar surface area (TPSA) is 3.24 Å². The first kappa shape index (κ1) is 19.8. The maximum Gasteiger partial charge on any atom is 0.113 e. The van der Waals surface area contributed by atoms with Gasteiger partial charge in [0, 0.05) is 16.0 Å². The van der Waals surface area contributed by atoms with Crippen molar-refractivity contribution in [3.8, 4) is 10.4 Å². The first-order valence-corrected chi connectivity index (χ1v) is 11.8. The number of nitrogens with zero attached hydrogens (tertiary/aromatic N) is 1. The molecule has 0 aliphatic rings. The zero-order valence-electron chi connectivity index (χ0n) is 18.0. The fraction of sp³-hybridized carbons (Fsp3) is 0. The molecule has 0 aliphatic carbocycles. The quantitative estimate of drug-likeness (QED) is 0.200. The van der Waals surface area contributed by atoms with Crippen LogP contribution in [0.25, 0.3) is 32.0 Å². The number of fused-ring (bicyclic) bond motifs is 3. The van der Waals surface area contributed by atoms with Crippen LogP contribution in [0, 0.1) is 0 Å². The van der Waals surface area contributed by atoms with Gasteiger partial charge in [0.1, 0.15) is 12.8 Å². The van der Waals surface area contributed by atoms with E-state index in [0.717, 1.165) is 16.8 Å². The average Bonchev–Trinajstić information content (AvgIpc) is 3.36. The summed E-state index contributed by atoms with van der Waals surface area (Å²) < 4.78 is 0. The van der Waals surface area contributed by atoms with Gasteiger partial charge in [-0.3, -0.25) is 0 Å². The molecule has 33 heavy (non-hydrogen) atoms. The first-order valence-electron chi connectivity index (χ1n) is 11.0. The molecule has 0 fully saturated rings. The van der Waals surface area contributed by atoms with Crippen LogP contribution in [-0.2, 0) is 0 Å². The number of benzene rings is 5.